The number of aryl methyl sites for hydroxylation is 1. The van der Waals surface area contributed by atoms with Gasteiger partial charge in [0.05, 0.1) is 37.2 Å². The number of aromatic nitrogens is 1. The molecule has 0 spiro atoms. The molecule has 1 aliphatic rings. The fourth-order valence-electron chi connectivity index (χ4n) is 2.10. The predicted octanol–water partition coefficient (Wildman–Crippen LogP) is 1.36. The first-order valence-electron chi connectivity index (χ1n) is 7.38. The van der Waals surface area contributed by atoms with Crippen LogP contribution in [0.25, 0.3) is 0 Å². The largest absolute Gasteiger partial charge is 0.384 e. The van der Waals surface area contributed by atoms with Crippen molar-refractivity contribution in [3.05, 3.63) is 23.5 Å². The van der Waals surface area contributed by atoms with E-state index in [1.165, 1.54) is 0 Å². The van der Waals surface area contributed by atoms with Gasteiger partial charge in [-0.3, -0.25) is 9.78 Å². The van der Waals surface area contributed by atoms with Crippen molar-refractivity contribution in [2.24, 2.45) is 0 Å². The number of carbonyl (C=O) groups is 1. The first-order chi connectivity index (χ1) is 10.2. The zero-order valence-corrected chi connectivity index (χ0v) is 12.6. The maximum absolute atomic E-state index is 12.3. The second-order valence-corrected chi connectivity index (χ2v) is 5.08. The van der Waals surface area contributed by atoms with Gasteiger partial charge in [-0.2, -0.15) is 0 Å². The molecule has 1 fully saturated rings. The maximum atomic E-state index is 12.3. The Morgan fingerprint density at radius 3 is 3.05 bits per heavy atom. The minimum absolute atomic E-state index is 0.0758. The van der Waals surface area contributed by atoms with Crippen LogP contribution in [0.15, 0.2) is 12.3 Å². The van der Waals surface area contributed by atoms with Crippen LogP contribution in [-0.2, 0) is 9.47 Å². The Morgan fingerprint density at radius 1 is 1.48 bits per heavy atom. The van der Waals surface area contributed by atoms with E-state index in [1.54, 1.807) is 6.20 Å². The summed E-state index contributed by atoms with van der Waals surface area (Å²) in [7, 11) is 0. The number of carbonyl (C=O) groups excluding carboxylic acids is 1. The van der Waals surface area contributed by atoms with Crippen molar-refractivity contribution >= 4 is 11.6 Å². The van der Waals surface area contributed by atoms with E-state index in [1.807, 2.05) is 13.0 Å². The lowest BCUT2D eigenvalue weighted by atomic mass is 10.2. The van der Waals surface area contributed by atoms with E-state index in [0.29, 0.717) is 31.9 Å². The fraction of sp³-hybridized carbons (Fsp3) is 0.600. The van der Waals surface area contributed by atoms with Gasteiger partial charge >= 0.3 is 0 Å². The highest BCUT2D eigenvalue weighted by molar-refractivity contribution is 5.99. The Morgan fingerprint density at radius 2 is 2.33 bits per heavy atom. The molecule has 2 rings (SSSR count). The second-order valence-electron chi connectivity index (χ2n) is 5.08. The number of amides is 1. The highest BCUT2D eigenvalue weighted by Gasteiger charge is 2.17. The highest BCUT2D eigenvalue weighted by atomic mass is 16.6. The molecule has 2 heterocycles. The number of ether oxygens (including phenoxy) is 2. The van der Waals surface area contributed by atoms with E-state index in [0.717, 1.165) is 24.3 Å². The summed E-state index contributed by atoms with van der Waals surface area (Å²) in [5.41, 5.74) is 2.27. The van der Waals surface area contributed by atoms with Crippen LogP contribution in [0, 0.1) is 6.92 Å². The van der Waals surface area contributed by atoms with Crippen molar-refractivity contribution < 1.29 is 14.3 Å². The smallest absolute Gasteiger partial charge is 0.255 e. The summed E-state index contributed by atoms with van der Waals surface area (Å²) < 4.78 is 10.8. The molecule has 1 atom stereocenters. The van der Waals surface area contributed by atoms with Gasteiger partial charge in [0.25, 0.3) is 5.91 Å². The first kappa shape index (κ1) is 15.7. The monoisotopic (exact) mass is 293 g/mol. The molecule has 116 valence electrons. The third kappa shape index (κ3) is 4.68. The van der Waals surface area contributed by atoms with E-state index in [-0.39, 0.29) is 12.0 Å². The van der Waals surface area contributed by atoms with E-state index in [4.69, 9.17) is 9.47 Å². The quantitative estimate of drug-likeness (QED) is 0.828. The molecule has 1 aromatic heterocycles. The lowest BCUT2D eigenvalue weighted by Gasteiger charge is -2.23. The molecule has 1 amide bonds. The number of rotatable bonds is 6. The molecule has 1 aliphatic heterocycles. The molecule has 0 aliphatic carbocycles. The van der Waals surface area contributed by atoms with Gasteiger partial charge in [0.2, 0.25) is 0 Å². The minimum Gasteiger partial charge on any atom is -0.384 e. The van der Waals surface area contributed by atoms with Crippen molar-refractivity contribution in [3.8, 4) is 0 Å². The molecule has 0 bridgehead atoms. The summed E-state index contributed by atoms with van der Waals surface area (Å²) in [5, 5.41) is 6.15. The predicted molar refractivity (Wildman–Crippen MR) is 80.6 cm³/mol. The molecule has 2 N–H and O–H groups in total. The third-order valence-electron chi connectivity index (χ3n) is 3.23. The van der Waals surface area contributed by atoms with Gasteiger partial charge in [-0.1, -0.05) is 6.92 Å². The molecule has 21 heavy (non-hydrogen) atoms. The van der Waals surface area contributed by atoms with Gasteiger partial charge in [0, 0.05) is 25.0 Å². The molecular weight excluding hydrogens is 270 g/mol. The number of anilines is 1. The van der Waals surface area contributed by atoms with E-state index >= 15 is 0 Å². The molecule has 0 aromatic carbocycles. The summed E-state index contributed by atoms with van der Waals surface area (Å²) in [5.74, 6) is -0.143. The molecule has 6 nitrogen and oxygen atoms in total. The standard InChI is InChI=1S/C15H23N3O3/c1-3-4-16-14-7-11(2)17-9-13(14)15(19)18-8-12-10-20-5-6-21-12/h7,9,12H,3-6,8,10H2,1-2H3,(H,16,17)(H,18,19). The Bertz CT molecular complexity index is 473. The van der Waals surface area contributed by atoms with Gasteiger partial charge in [-0.25, -0.2) is 0 Å². The van der Waals surface area contributed by atoms with Crippen molar-refractivity contribution in [1.29, 1.82) is 0 Å². The average Bonchev–Trinajstić information content (AvgIpc) is 2.51. The normalized spacial score (nSPS) is 18.3. The molecular formula is C15H23N3O3. The van der Waals surface area contributed by atoms with Crippen LogP contribution >= 0.6 is 0 Å². The Kier molecular flexibility index (Phi) is 5.95. The van der Waals surface area contributed by atoms with Crippen LogP contribution in [-0.4, -0.2) is 49.9 Å². The van der Waals surface area contributed by atoms with Crippen molar-refractivity contribution in [2.75, 3.05) is 38.2 Å². The summed E-state index contributed by atoms with van der Waals surface area (Å²) in [6.07, 6.45) is 2.53. The Labute approximate surface area is 125 Å². The van der Waals surface area contributed by atoms with Gasteiger partial charge in [0.1, 0.15) is 0 Å². The van der Waals surface area contributed by atoms with Crippen LogP contribution < -0.4 is 10.6 Å². The van der Waals surface area contributed by atoms with E-state index in [2.05, 4.69) is 22.5 Å². The number of nitrogens with one attached hydrogen (secondary N) is 2. The number of hydrogen-bond acceptors (Lipinski definition) is 5. The average molecular weight is 293 g/mol. The lowest BCUT2D eigenvalue weighted by Crippen LogP contribution is -2.39. The van der Waals surface area contributed by atoms with Gasteiger partial charge in [-0.05, 0) is 19.4 Å². The molecule has 0 saturated carbocycles. The van der Waals surface area contributed by atoms with Crippen LogP contribution in [0.3, 0.4) is 0 Å². The van der Waals surface area contributed by atoms with Crippen molar-refractivity contribution in [3.63, 3.8) is 0 Å². The zero-order valence-electron chi connectivity index (χ0n) is 12.6. The van der Waals surface area contributed by atoms with Gasteiger partial charge < -0.3 is 20.1 Å². The van der Waals surface area contributed by atoms with Crippen LogP contribution in [0.5, 0.6) is 0 Å². The lowest BCUT2D eigenvalue weighted by molar-refractivity contribution is -0.0855. The zero-order chi connectivity index (χ0) is 15.1. The summed E-state index contributed by atoms with van der Waals surface area (Å²) in [6, 6.07) is 1.89. The van der Waals surface area contributed by atoms with Gasteiger partial charge in [-0.15, -0.1) is 0 Å². The summed E-state index contributed by atoms with van der Waals surface area (Å²) in [4.78, 5) is 16.5. The third-order valence-corrected chi connectivity index (χ3v) is 3.23. The Hall–Kier alpha value is -1.66. The number of pyridine rings is 1. The van der Waals surface area contributed by atoms with Crippen LogP contribution in [0.2, 0.25) is 0 Å². The minimum atomic E-state index is -0.143. The molecule has 1 unspecified atom stereocenters. The van der Waals surface area contributed by atoms with Crippen molar-refractivity contribution in [1.82, 2.24) is 10.3 Å². The molecule has 6 heteroatoms. The summed E-state index contributed by atoms with van der Waals surface area (Å²) in [6.45, 7) is 6.98. The number of hydrogen-bond donors (Lipinski definition) is 2. The van der Waals surface area contributed by atoms with E-state index in [9.17, 15) is 4.79 Å². The first-order valence-corrected chi connectivity index (χ1v) is 7.38. The van der Waals surface area contributed by atoms with Crippen LogP contribution in [0.1, 0.15) is 29.4 Å². The van der Waals surface area contributed by atoms with E-state index < -0.39 is 0 Å². The molecule has 1 saturated heterocycles. The SMILES string of the molecule is CCCNc1cc(C)ncc1C(=O)NCC1COCCO1. The molecule has 1 aromatic rings. The summed E-state index contributed by atoms with van der Waals surface area (Å²) >= 11 is 0. The molecule has 0 radical (unpaired) electrons. The Balaban J connectivity index is 1.96. The fourth-order valence-corrected chi connectivity index (χ4v) is 2.10. The topological polar surface area (TPSA) is 72.5 Å². The van der Waals surface area contributed by atoms with Crippen molar-refractivity contribution in [2.45, 2.75) is 26.4 Å². The van der Waals surface area contributed by atoms with Crippen LogP contribution in [0.4, 0.5) is 5.69 Å². The second kappa shape index (κ2) is 7.95. The highest BCUT2D eigenvalue weighted by Crippen LogP contribution is 2.15. The maximum Gasteiger partial charge on any atom is 0.255 e. The van der Waals surface area contributed by atoms with Gasteiger partial charge in [0.15, 0.2) is 0 Å². The number of nitrogens with zero attached hydrogens (tertiary/aromatic N) is 1.